The van der Waals surface area contributed by atoms with Crippen LogP contribution in [0.5, 0.6) is 0 Å². The number of furan rings is 1. The van der Waals surface area contributed by atoms with Gasteiger partial charge in [0.25, 0.3) is 0 Å². The van der Waals surface area contributed by atoms with Crippen molar-refractivity contribution in [2.45, 2.75) is 13.8 Å². The van der Waals surface area contributed by atoms with E-state index in [-0.39, 0.29) is 18.2 Å². The molecule has 0 radical (unpaired) electrons. The molecule has 3 nitrogen and oxygen atoms in total. The molecule has 0 aliphatic rings. The maximum atomic E-state index is 13.3. The number of ether oxygens (including phenoxy) is 1. The fraction of sp³-hybridized carbons (Fsp3) is 0.214. The lowest BCUT2D eigenvalue weighted by atomic mass is 10.1. The third-order valence-corrected chi connectivity index (χ3v) is 2.41. The van der Waals surface area contributed by atoms with Gasteiger partial charge in [-0.15, -0.1) is 0 Å². The maximum Gasteiger partial charge on any atom is 0.374 e. The summed E-state index contributed by atoms with van der Waals surface area (Å²) in [7, 11) is 0. The van der Waals surface area contributed by atoms with Crippen molar-refractivity contribution in [1.82, 2.24) is 0 Å². The number of carbonyl (C=O) groups is 1. The van der Waals surface area contributed by atoms with Gasteiger partial charge in [-0.1, -0.05) is 0 Å². The van der Waals surface area contributed by atoms with Gasteiger partial charge in [0, 0.05) is 5.56 Å². The number of esters is 1. The molecule has 0 N–H and O–H groups in total. The average molecular weight is 248 g/mol. The van der Waals surface area contributed by atoms with Crippen molar-refractivity contribution >= 4 is 5.97 Å². The quantitative estimate of drug-likeness (QED) is 0.779. The average Bonchev–Trinajstić information content (AvgIpc) is 2.77. The highest BCUT2D eigenvalue weighted by Gasteiger charge is 2.13. The summed E-state index contributed by atoms with van der Waals surface area (Å²) in [5.74, 6) is -0.287. The molecule has 18 heavy (non-hydrogen) atoms. The van der Waals surface area contributed by atoms with E-state index >= 15 is 0 Å². The highest BCUT2D eigenvalue weighted by atomic mass is 19.1. The van der Waals surface area contributed by atoms with Crippen LogP contribution >= 0.6 is 0 Å². The van der Waals surface area contributed by atoms with Crippen LogP contribution in [0.15, 0.2) is 34.7 Å². The number of halogens is 1. The summed E-state index contributed by atoms with van der Waals surface area (Å²) in [6, 6.07) is 7.73. The second-order valence-electron chi connectivity index (χ2n) is 3.90. The second-order valence-corrected chi connectivity index (χ2v) is 3.90. The number of hydrogen-bond donors (Lipinski definition) is 0. The molecule has 0 bridgehead atoms. The summed E-state index contributed by atoms with van der Waals surface area (Å²) in [6.45, 7) is 3.80. The van der Waals surface area contributed by atoms with E-state index in [1.165, 1.54) is 18.2 Å². The van der Waals surface area contributed by atoms with Crippen LogP contribution in [-0.2, 0) is 4.74 Å². The molecule has 1 heterocycles. The Morgan fingerprint density at radius 1 is 1.33 bits per heavy atom. The maximum absolute atomic E-state index is 13.3. The van der Waals surface area contributed by atoms with Crippen LogP contribution in [0.2, 0.25) is 0 Å². The number of benzene rings is 1. The molecule has 0 atom stereocenters. The van der Waals surface area contributed by atoms with Gasteiger partial charge in [0.2, 0.25) is 5.76 Å². The van der Waals surface area contributed by atoms with E-state index in [0.29, 0.717) is 11.3 Å². The Balaban J connectivity index is 2.32. The third-order valence-electron chi connectivity index (χ3n) is 2.41. The van der Waals surface area contributed by atoms with Crippen molar-refractivity contribution in [2.24, 2.45) is 0 Å². The molecule has 0 aliphatic heterocycles. The number of hydrogen-bond acceptors (Lipinski definition) is 3. The van der Waals surface area contributed by atoms with Gasteiger partial charge in [-0.2, -0.15) is 0 Å². The molecule has 0 aliphatic carbocycles. The SMILES string of the molecule is CCOC(=O)c1ccc(-c2cc(C)cc(F)c2)o1. The van der Waals surface area contributed by atoms with E-state index in [9.17, 15) is 9.18 Å². The molecule has 2 aromatic rings. The van der Waals surface area contributed by atoms with Crippen molar-refractivity contribution in [2.75, 3.05) is 6.61 Å². The van der Waals surface area contributed by atoms with Crippen LogP contribution in [0.3, 0.4) is 0 Å². The molecule has 2 rings (SSSR count). The second kappa shape index (κ2) is 5.04. The first-order chi connectivity index (χ1) is 8.60. The van der Waals surface area contributed by atoms with Crippen LogP contribution in [0.25, 0.3) is 11.3 Å². The van der Waals surface area contributed by atoms with Crippen molar-refractivity contribution in [3.63, 3.8) is 0 Å². The molecule has 0 spiro atoms. The van der Waals surface area contributed by atoms with Crippen LogP contribution in [-0.4, -0.2) is 12.6 Å². The molecule has 1 aromatic carbocycles. The van der Waals surface area contributed by atoms with Gasteiger partial charge in [-0.3, -0.25) is 0 Å². The van der Waals surface area contributed by atoms with Gasteiger partial charge in [0.1, 0.15) is 11.6 Å². The lowest BCUT2D eigenvalue weighted by Crippen LogP contribution is -2.02. The molecule has 0 unspecified atom stereocenters. The predicted molar refractivity (Wildman–Crippen MR) is 64.8 cm³/mol. The van der Waals surface area contributed by atoms with E-state index in [2.05, 4.69) is 0 Å². The van der Waals surface area contributed by atoms with Gasteiger partial charge < -0.3 is 9.15 Å². The fourth-order valence-electron chi connectivity index (χ4n) is 1.68. The topological polar surface area (TPSA) is 39.4 Å². The molecule has 4 heteroatoms. The van der Waals surface area contributed by atoms with Gasteiger partial charge in [-0.25, -0.2) is 9.18 Å². The van der Waals surface area contributed by atoms with E-state index in [4.69, 9.17) is 9.15 Å². The molecular formula is C14H13FO3. The zero-order chi connectivity index (χ0) is 13.1. The first kappa shape index (κ1) is 12.4. The Morgan fingerprint density at radius 2 is 2.11 bits per heavy atom. The summed E-state index contributed by atoms with van der Waals surface area (Å²) in [5, 5.41) is 0. The molecular weight excluding hydrogens is 235 g/mol. The largest absolute Gasteiger partial charge is 0.460 e. The van der Waals surface area contributed by atoms with Crippen molar-refractivity contribution in [3.05, 3.63) is 47.5 Å². The zero-order valence-corrected chi connectivity index (χ0v) is 10.2. The van der Waals surface area contributed by atoms with Crippen LogP contribution in [0.4, 0.5) is 4.39 Å². The normalized spacial score (nSPS) is 10.4. The minimum Gasteiger partial charge on any atom is -0.460 e. The Labute approximate surface area is 104 Å². The smallest absolute Gasteiger partial charge is 0.374 e. The molecule has 0 amide bonds. The predicted octanol–water partition coefficient (Wildman–Crippen LogP) is 3.57. The van der Waals surface area contributed by atoms with Gasteiger partial charge in [0.15, 0.2) is 0 Å². The number of carbonyl (C=O) groups excluding carboxylic acids is 1. The summed E-state index contributed by atoms with van der Waals surface area (Å²) in [6.07, 6.45) is 0. The fourth-order valence-corrected chi connectivity index (χ4v) is 1.68. The Hall–Kier alpha value is -2.10. The standard InChI is InChI=1S/C14H13FO3/c1-3-17-14(16)13-5-4-12(18-13)10-6-9(2)7-11(15)8-10/h4-8H,3H2,1-2H3. The van der Waals surface area contributed by atoms with Crippen molar-refractivity contribution < 1.29 is 18.3 Å². The molecule has 1 aromatic heterocycles. The Kier molecular flexibility index (Phi) is 3.46. The lowest BCUT2D eigenvalue weighted by Gasteiger charge is -2.00. The first-order valence-corrected chi connectivity index (χ1v) is 5.64. The summed E-state index contributed by atoms with van der Waals surface area (Å²) < 4.78 is 23.4. The van der Waals surface area contributed by atoms with Crippen LogP contribution in [0.1, 0.15) is 23.0 Å². The third kappa shape index (κ3) is 2.59. The highest BCUT2D eigenvalue weighted by Crippen LogP contribution is 2.24. The summed E-state index contributed by atoms with van der Waals surface area (Å²) in [5.41, 5.74) is 1.39. The summed E-state index contributed by atoms with van der Waals surface area (Å²) in [4.78, 5) is 11.4. The highest BCUT2D eigenvalue weighted by molar-refractivity contribution is 5.87. The van der Waals surface area contributed by atoms with E-state index in [0.717, 1.165) is 5.56 Å². The van der Waals surface area contributed by atoms with Crippen molar-refractivity contribution in [3.8, 4) is 11.3 Å². The Bertz CT molecular complexity index is 552. The lowest BCUT2D eigenvalue weighted by molar-refractivity contribution is 0.0491. The van der Waals surface area contributed by atoms with E-state index in [1.807, 2.05) is 0 Å². The monoisotopic (exact) mass is 248 g/mol. The molecule has 0 fully saturated rings. The van der Waals surface area contributed by atoms with E-state index in [1.54, 1.807) is 26.0 Å². The zero-order valence-electron chi connectivity index (χ0n) is 10.2. The Morgan fingerprint density at radius 3 is 2.78 bits per heavy atom. The van der Waals surface area contributed by atoms with Gasteiger partial charge in [-0.05, 0) is 49.7 Å². The van der Waals surface area contributed by atoms with E-state index < -0.39 is 5.97 Å². The van der Waals surface area contributed by atoms with Crippen molar-refractivity contribution in [1.29, 1.82) is 0 Å². The molecule has 0 saturated heterocycles. The summed E-state index contributed by atoms with van der Waals surface area (Å²) >= 11 is 0. The molecule has 94 valence electrons. The first-order valence-electron chi connectivity index (χ1n) is 5.64. The van der Waals surface area contributed by atoms with Crippen LogP contribution in [0, 0.1) is 12.7 Å². The number of rotatable bonds is 3. The number of aryl methyl sites for hydroxylation is 1. The van der Waals surface area contributed by atoms with Gasteiger partial charge >= 0.3 is 5.97 Å². The van der Waals surface area contributed by atoms with Gasteiger partial charge in [0.05, 0.1) is 6.61 Å². The molecule has 0 saturated carbocycles. The minimum absolute atomic E-state index is 0.119. The van der Waals surface area contributed by atoms with Crippen LogP contribution < -0.4 is 0 Å². The minimum atomic E-state index is -0.517.